The first-order valence-electron chi connectivity index (χ1n) is 6.95. The number of rotatable bonds is 6. The molecule has 0 spiro atoms. The van der Waals surface area contributed by atoms with Crippen molar-refractivity contribution in [3.8, 4) is 11.3 Å². The van der Waals surface area contributed by atoms with Gasteiger partial charge in [-0.1, -0.05) is 12.1 Å². The van der Waals surface area contributed by atoms with Crippen LogP contribution >= 0.6 is 0 Å². The molecule has 21 heavy (non-hydrogen) atoms. The van der Waals surface area contributed by atoms with Gasteiger partial charge in [-0.25, -0.2) is 9.97 Å². The Hall–Kier alpha value is -2.57. The number of nitrogens with one attached hydrogen (secondary N) is 1. The summed E-state index contributed by atoms with van der Waals surface area (Å²) in [6.07, 6.45) is 8.75. The van der Waals surface area contributed by atoms with E-state index in [1.165, 1.54) is 0 Å². The van der Waals surface area contributed by atoms with Crippen LogP contribution in [-0.4, -0.2) is 31.3 Å². The molecule has 3 rings (SSSR count). The Morgan fingerprint density at radius 3 is 3.14 bits per heavy atom. The first-order valence-corrected chi connectivity index (χ1v) is 6.95. The highest BCUT2D eigenvalue weighted by Crippen LogP contribution is 2.26. The molecule has 1 N–H and O–H groups in total. The number of fused-ring (bicyclic) bond motifs is 1. The van der Waals surface area contributed by atoms with Crippen molar-refractivity contribution in [3.63, 3.8) is 0 Å². The molecule has 1 unspecified atom stereocenters. The third kappa shape index (κ3) is 2.54. The Balaban J connectivity index is 1.94. The van der Waals surface area contributed by atoms with Crippen molar-refractivity contribution >= 4 is 11.0 Å². The van der Waals surface area contributed by atoms with Gasteiger partial charge in [0.2, 0.25) is 0 Å². The van der Waals surface area contributed by atoms with E-state index in [9.17, 15) is 4.91 Å². The summed E-state index contributed by atoms with van der Waals surface area (Å²) < 4.78 is 1.89. The monoisotopic (exact) mass is 284 g/mol. The Kier molecular flexibility index (Phi) is 3.72. The van der Waals surface area contributed by atoms with E-state index in [2.05, 4.69) is 32.2 Å². The van der Waals surface area contributed by atoms with Gasteiger partial charge in [-0.05, 0) is 18.9 Å². The molecule has 0 radical (unpaired) electrons. The lowest BCUT2D eigenvalue weighted by molar-refractivity contribution is 0.418. The molecule has 3 aromatic heterocycles. The standard InChI is InChI=1S/C14H16N6O/c1-2-11(3-6-19-21)20-8-10(7-18-20)13-12-4-5-15-14(12)17-9-16-13/h4-5,7-9,11H,2-3,6H2,1H3,(H,15,16,17). The first-order chi connectivity index (χ1) is 10.3. The van der Waals surface area contributed by atoms with E-state index in [0.29, 0.717) is 13.0 Å². The molecule has 0 saturated carbocycles. The summed E-state index contributed by atoms with van der Waals surface area (Å²) >= 11 is 0. The Morgan fingerprint density at radius 1 is 1.43 bits per heavy atom. The highest BCUT2D eigenvalue weighted by molar-refractivity contribution is 5.89. The number of aromatic amines is 1. The Labute approximate surface area is 121 Å². The highest BCUT2D eigenvalue weighted by Gasteiger charge is 2.13. The Bertz CT molecular complexity index is 747. The van der Waals surface area contributed by atoms with Crippen LogP contribution in [0.2, 0.25) is 0 Å². The van der Waals surface area contributed by atoms with E-state index in [0.717, 1.165) is 28.7 Å². The van der Waals surface area contributed by atoms with E-state index in [1.807, 2.05) is 23.1 Å². The average Bonchev–Trinajstić information content (AvgIpc) is 3.16. The maximum absolute atomic E-state index is 10.3. The Morgan fingerprint density at radius 2 is 2.33 bits per heavy atom. The van der Waals surface area contributed by atoms with Crippen LogP contribution in [0.1, 0.15) is 25.8 Å². The van der Waals surface area contributed by atoms with E-state index in [1.54, 1.807) is 12.5 Å². The molecule has 1 atom stereocenters. The van der Waals surface area contributed by atoms with Crippen LogP contribution in [0.15, 0.2) is 36.2 Å². The summed E-state index contributed by atoms with van der Waals surface area (Å²) in [5, 5.41) is 8.31. The molecule has 0 aliphatic carbocycles. The number of H-pyrrole nitrogens is 1. The molecule has 7 nitrogen and oxygen atoms in total. The highest BCUT2D eigenvalue weighted by atomic mass is 16.3. The molecule has 3 heterocycles. The molecular formula is C14H16N6O. The van der Waals surface area contributed by atoms with Crippen LogP contribution in [0.4, 0.5) is 0 Å². The lowest BCUT2D eigenvalue weighted by Gasteiger charge is -2.13. The maximum Gasteiger partial charge on any atom is 0.141 e. The minimum absolute atomic E-state index is 0.181. The summed E-state index contributed by atoms with van der Waals surface area (Å²) in [6, 6.07) is 2.13. The predicted octanol–water partition coefficient (Wildman–Crippen LogP) is 2.93. The SMILES string of the molecule is CCC(CCN=O)n1cc(-c2ncnc3[nH]ccc23)cn1. The van der Waals surface area contributed by atoms with Gasteiger partial charge < -0.3 is 4.98 Å². The number of nitrogens with zero attached hydrogens (tertiary/aromatic N) is 5. The minimum atomic E-state index is 0.181. The first kappa shape index (κ1) is 13.4. The van der Waals surface area contributed by atoms with Crippen molar-refractivity contribution < 1.29 is 0 Å². The molecular weight excluding hydrogens is 268 g/mol. The van der Waals surface area contributed by atoms with E-state index in [4.69, 9.17) is 0 Å². The second kappa shape index (κ2) is 5.82. The van der Waals surface area contributed by atoms with Gasteiger partial charge in [-0.2, -0.15) is 10.0 Å². The molecule has 108 valence electrons. The van der Waals surface area contributed by atoms with Crippen molar-refractivity contribution in [2.24, 2.45) is 5.18 Å². The second-order valence-electron chi connectivity index (χ2n) is 4.87. The number of nitroso groups, excluding NO2 is 1. The zero-order valence-electron chi connectivity index (χ0n) is 11.7. The third-order valence-corrected chi connectivity index (χ3v) is 3.63. The van der Waals surface area contributed by atoms with Crippen LogP contribution in [-0.2, 0) is 0 Å². The molecule has 0 aliphatic rings. The minimum Gasteiger partial charge on any atom is -0.346 e. The van der Waals surface area contributed by atoms with Gasteiger partial charge in [0.25, 0.3) is 0 Å². The average molecular weight is 284 g/mol. The predicted molar refractivity (Wildman–Crippen MR) is 79.7 cm³/mol. The number of hydrogen-bond acceptors (Lipinski definition) is 5. The normalized spacial score (nSPS) is 12.6. The molecule has 7 heteroatoms. The molecule has 0 aliphatic heterocycles. The lowest BCUT2D eigenvalue weighted by atomic mass is 10.1. The van der Waals surface area contributed by atoms with Gasteiger partial charge in [0.15, 0.2) is 0 Å². The van der Waals surface area contributed by atoms with Crippen LogP contribution in [0.25, 0.3) is 22.3 Å². The zero-order chi connectivity index (χ0) is 14.7. The molecule has 0 amide bonds. The van der Waals surface area contributed by atoms with Gasteiger partial charge >= 0.3 is 0 Å². The second-order valence-corrected chi connectivity index (χ2v) is 4.87. The fourth-order valence-corrected chi connectivity index (χ4v) is 2.49. The third-order valence-electron chi connectivity index (χ3n) is 3.63. The fourth-order valence-electron chi connectivity index (χ4n) is 2.49. The fraction of sp³-hybridized carbons (Fsp3) is 0.357. The molecule has 0 aromatic carbocycles. The number of hydrogen-bond donors (Lipinski definition) is 1. The van der Waals surface area contributed by atoms with Gasteiger partial charge in [-0.15, -0.1) is 0 Å². The van der Waals surface area contributed by atoms with Gasteiger partial charge in [0.1, 0.15) is 12.0 Å². The van der Waals surface area contributed by atoms with Crippen LogP contribution < -0.4 is 0 Å². The molecule has 0 bridgehead atoms. The van der Waals surface area contributed by atoms with Gasteiger partial charge in [0, 0.05) is 23.3 Å². The van der Waals surface area contributed by atoms with Crippen molar-refractivity contribution in [2.75, 3.05) is 6.54 Å². The zero-order valence-corrected chi connectivity index (χ0v) is 11.7. The van der Waals surface area contributed by atoms with Gasteiger partial charge in [0.05, 0.1) is 24.5 Å². The van der Waals surface area contributed by atoms with Crippen molar-refractivity contribution in [1.29, 1.82) is 0 Å². The molecule has 0 fully saturated rings. The van der Waals surface area contributed by atoms with E-state index in [-0.39, 0.29) is 6.04 Å². The van der Waals surface area contributed by atoms with E-state index < -0.39 is 0 Å². The summed E-state index contributed by atoms with van der Waals surface area (Å²) in [5.74, 6) is 0. The van der Waals surface area contributed by atoms with Crippen molar-refractivity contribution in [2.45, 2.75) is 25.8 Å². The molecule has 0 saturated heterocycles. The summed E-state index contributed by atoms with van der Waals surface area (Å²) in [6.45, 7) is 2.38. The van der Waals surface area contributed by atoms with Crippen LogP contribution in [0, 0.1) is 4.91 Å². The van der Waals surface area contributed by atoms with E-state index >= 15 is 0 Å². The topological polar surface area (TPSA) is 88.8 Å². The summed E-state index contributed by atoms with van der Waals surface area (Å²) in [4.78, 5) is 21.9. The van der Waals surface area contributed by atoms with Crippen molar-refractivity contribution in [1.82, 2.24) is 24.7 Å². The quantitative estimate of drug-likeness (QED) is 0.705. The lowest BCUT2D eigenvalue weighted by Crippen LogP contribution is -2.09. The largest absolute Gasteiger partial charge is 0.346 e. The molecule has 3 aromatic rings. The van der Waals surface area contributed by atoms with Crippen LogP contribution in [0.3, 0.4) is 0 Å². The number of aromatic nitrogens is 5. The van der Waals surface area contributed by atoms with Gasteiger partial charge in [-0.3, -0.25) is 4.68 Å². The smallest absolute Gasteiger partial charge is 0.141 e. The van der Waals surface area contributed by atoms with Crippen molar-refractivity contribution in [3.05, 3.63) is 35.9 Å². The van der Waals surface area contributed by atoms with Crippen LogP contribution in [0.5, 0.6) is 0 Å². The summed E-state index contributed by atoms with van der Waals surface area (Å²) in [5.41, 5.74) is 2.61. The maximum atomic E-state index is 10.3. The summed E-state index contributed by atoms with van der Waals surface area (Å²) in [7, 11) is 0.